The lowest BCUT2D eigenvalue weighted by molar-refractivity contribution is -0.141. The van der Waals surface area contributed by atoms with E-state index in [-0.39, 0.29) is 24.8 Å². The fourth-order valence-corrected chi connectivity index (χ4v) is 2.66. The Kier molecular flexibility index (Phi) is 2.93. The molecule has 0 spiro atoms. The molecule has 1 atom stereocenters. The minimum absolute atomic E-state index is 0.00607. The molecule has 2 heterocycles. The number of carboxylic acid groups (broad SMARTS) is 1. The van der Waals surface area contributed by atoms with E-state index in [0.717, 1.165) is 11.3 Å². The highest BCUT2D eigenvalue weighted by molar-refractivity contribution is 6.00. The summed E-state index contributed by atoms with van der Waals surface area (Å²) >= 11 is 0. The first kappa shape index (κ1) is 12.7. The van der Waals surface area contributed by atoms with E-state index in [4.69, 9.17) is 5.11 Å². The Bertz CT molecular complexity index is 611. The summed E-state index contributed by atoms with van der Waals surface area (Å²) < 4.78 is 0. The van der Waals surface area contributed by atoms with Gasteiger partial charge in [0.1, 0.15) is 0 Å². The average Bonchev–Trinajstić information content (AvgIpc) is 2.80. The third kappa shape index (κ3) is 2.13. The highest BCUT2D eigenvalue weighted by Crippen LogP contribution is 2.31. The van der Waals surface area contributed by atoms with E-state index in [1.807, 2.05) is 6.07 Å². The fraction of sp³-hybridized carbons (Fsp3) is 0.357. The first-order valence-electron chi connectivity index (χ1n) is 6.50. The highest BCUT2D eigenvalue weighted by Gasteiger charge is 2.35. The number of hydrogen-bond acceptors (Lipinski definition) is 3. The normalized spacial score (nSPS) is 21.6. The van der Waals surface area contributed by atoms with Crippen LogP contribution in [0.5, 0.6) is 0 Å². The van der Waals surface area contributed by atoms with E-state index in [1.165, 1.54) is 4.90 Å². The summed E-state index contributed by atoms with van der Waals surface area (Å²) in [6.45, 7) is 0.208. The molecule has 0 bridgehead atoms. The standard InChI is InChI=1S/C14H14N2O4/c17-12-4-1-8-5-10(2-3-11(8)15-12)16-7-9(14(19)20)6-13(16)18/h2-3,5,9H,1,4,6-7H2,(H,15,17)(H,19,20). The van der Waals surface area contributed by atoms with Gasteiger partial charge in [-0.2, -0.15) is 0 Å². The minimum Gasteiger partial charge on any atom is -0.481 e. The fourth-order valence-electron chi connectivity index (χ4n) is 2.66. The molecule has 2 aliphatic rings. The zero-order valence-electron chi connectivity index (χ0n) is 10.8. The van der Waals surface area contributed by atoms with Crippen molar-refractivity contribution in [1.29, 1.82) is 0 Å². The van der Waals surface area contributed by atoms with Gasteiger partial charge in [-0.05, 0) is 30.2 Å². The molecule has 104 valence electrons. The van der Waals surface area contributed by atoms with Crippen molar-refractivity contribution in [2.24, 2.45) is 5.92 Å². The predicted octanol–water partition coefficient (Wildman–Crippen LogP) is 1.01. The van der Waals surface area contributed by atoms with Gasteiger partial charge in [0, 0.05) is 30.8 Å². The SMILES string of the molecule is O=C1CCc2cc(N3CC(C(=O)O)CC3=O)ccc2N1. The second-order valence-corrected chi connectivity index (χ2v) is 5.13. The van der Waals surface area contributed by atoms with Gasteiger partial charge < -0.3 is 15.3 Å². The molecule has 1 aromatic rings. The Labute approximate surface area is 115 Å². The molecule has 6 heteroatoms. The van der Waals surface area contributed by atoms with Crippen molar-refractivity contribution >= 4 is 29.2 Å². The molecule has 2 aliphatic heterocycles. The van der Waals surface area contributed by atoms with E-state index in [1.54, 1.807) is 12.1 Å². The highest BCUT2D eigenvalue weighted by atomic mass is 16.4. The van der Waals surface area contributed by atoms with Gasteiger partial charge in [-0.3, -0.25) is 14.4 Å². The largest absolute Gasteiger partial charge is 0.481 e. The monoisotopic (exact) mass is 274 g/mol. The third-order valence-electron chi connectivity index (χ3n) is 3.77. The summed E-state index contributed by atoms with van der Waals surface area (Å²) in [6, 6.07) is 5.37. The summed E-state index contributed by atoms with van der Waals surface area (Å²) in [4.78, 5) is 35.7. The van der Waals surface area contributed by atoms with Crippen molar-refractivity contribution in [3.8, 4) is 0 Å². The number of hydrogen-bond donors (Lipinski definition) is 2. The van der Waals surface area contributed by atoms with Crippen LogP contribution in [0.4, 0.5) is 11.4 Å². The molecule has 3 rings (SSSR count). The third-order valence-corrected chi connectivity index (χ3v) is 3.77. The average molecular weight is 274 g/mol. The van der Waals surface area contributed by atoms with Gasteiger partial charge in [0.05, 0.1) is 5.92 Å². The van der Waals surface area contributed by atoms with Crippen LogP contribution in [-0.2, 0) is 20.8 Å². The van der Waals surface area contributed by atoms with Crippen molar-refractivity contribution < 1.29 is 19.5 Å². The first-order valence-corrected chi connectivity index (χ1v) is 6.50. The lowest BCUT2D eigenvalue weighted by Crippen LogP contribution is -2.26. The Morgan fingerprint density at radius 2 is 2.10 bits per heavy atom. The predicted molar refractivity (Wildman–Crippen MR) is 71.5 cm³/mol. The Hall–Kier alpha value is -2.37. The number of carboxylic acids is 1. The molecule has 6 nitrogen and oxygen atoms in total. The maximum Gasteiger partial charge on any atom is 0.308 e. The molecule has 0 aliphatic carbocycles. The van der Waals surface area contributed by atoms with Crippen molar-refractivity contribution in [2.75, 3.05) is 16.8 Å². The summed E-state index contributed by atoms with van der Waals surface area (Å²) in [7, 11) is 0. The number of rotatable bonds is 2. The van der Waals surface area contributed by atoms with Crippen LogP contribution in [-0.4, -0.2) is 29.4 Å². The molecule has 1 fully saturated rings. The number of amides is 2. The number of carbonyl (C=O) groups excluding carboxylic acids is 2. The quantitative estimate of drug-likeness (QED) is 0.842. The number of fused-ring (bicyclic) bond motifs is 1. The van der Waals surface area contributed by atoms with Crippen LogP contribution in [0.3, 0.4) is 0 Å². The van der Waals surface area contributed by atoms with Gasteiger partial charge in [-0.15, -0.1) is 0 Å². The Morgan fingerprint density at radius 1 is 1.30 bits per heavy atom. The molecule has 1 saturated heterocycles. The van der Waals surface area contributed by atoms with E-state index in [0.29, 0.717) is 18.5 Å². The summed E-state index contributed by atoms with van der Waals surface area (Å²) in [6.07, 6.45) is 1.12. The number of nitrogens with zero attached hydrogens (tertiary/aromatic N) is 1. The smallest absolute Gasteiger partial charge is 0.308 e. The van der Waals surface area contributed by atoms with Crippen LogP contribution < -0.4 is 10.2 Å². The molecule has 2 N–H and O–H groups in total. The molecule has 0 saturated carbocycles. The zero-order valence-corrected chi connectivity index (χ0v) is 10.8. The van der Waals surface area contributed by atoms with Crippen molar-refractivity contribution in [3.63, 3.8) is 0 Å². The van der Waals surface area contributed by atoms with E-state index in [2.05, 4.69) is 5.32 Å². The van der Waals surface area contributed by atoms with Crippen LogP contribution in [0.1, 0.15) is 18.4 Å². The van der Waals surface area contributed by atoms with E-state index in [9.17, 15) is 14.4 Å². The minimum atomic E-state index is -0.939. The lowest BCUT2D eigenvalue weighted by Gasteiger charge is -2.21. The van der Waals surface area contributed by atoms with Crippen LogP contribution in [0.15, 0.2) is 18.2 Å². The number of benzene rings is 1. The molecule has 1 unspecified atom stereocenters. The number of aryl methyl sites for hydroxylation is 1. The van der Waals surface area contributed by atoms with Crippen molar-refractivity contribution in [1.82, 2.24) is 0 Å². The van der Waals surface area contributed by atoms with Gasteiger partial charge in [0.25, 0.3) is 0 Å². The topological polar surface area (TPSA) is 86.7 Å². The second kappa shape index (κ2) is 4.63. The molecule has 0 radical (unpaired) electrons. The Morgan fingerprint density at radius 3 is 2.80 bits per heavy atom. The summed E-state index contributed by atoms with van der Waals surface area (Å²) in [5.74, 6) is -1.75. The summed E-state index contributed by atoms with van der Waals surface area (Å²) in [5.41, 5.74) is 2.45. The first-order chi connectivity index (χ1) is 9.54. The lowest BCUT2D eigenvalue weighted by atomic mass is 10.0. The van der Waals surface area contributed by atoms with Crippen molar-refractivity contribution in [2.45, 2.75) is 19.3 Å². The van der Waals surface area contributed by atoms with Gasteiger partial charge in [0.2, 0.25) is 11.8 Å². The number of anilines is 2. The van der Waals surface area contributed by atoms with Gasteiger partial charge in [-0.25, -0.2) is 0 Å². The molecular formula is C14H14N2O4. The van der Waals surface area contributed by atoms with Crippen LogP contribution in [0, 0.1) is 5.92 Å². The van der Waals surface area contributed by atoms with Crippen LogP contribution in [0.25, 0.3) is 0 Å². The number of carbonyl (C=O) groups is 3. The molecule has 1 aromatic carbocycles. The van der Waals surface area contributed by atoms with E-state index < -0.39 is 11.9 Å². The maximum absolute atomic E-state index is 11.9. The molecule has 0 aromatic heterocycles. The van der Waals surface area contributed by atoms with Crippen molar-refractivity contribution in [3.05, 3.63) is 23.8 Å². The molecule has 20 heavy (non-hydrogen) atoms. The second-order valence-electron chi connectivity index (χ2n) is 5.13. The Balaban J connectivity index is 1.86. The summed E-state index contributed by atoms with van der Waals surface area (Å²) in [5, 5.41) is 11.8. The van der Waals surface area contributed by atoms with Gasteiger partial charge in [-0.1, -0.05) is 0 Å². The van der Waals surface area contributed by atoms with Crippen LogP contribution in [0.2, 0.25) is 0 Å². The number of aliphatic carboxylic acids is 1. The molecular weight excluding hydrogens is 260 g/mol. The van der Waals surface area contributed by atoms with E-state index >= 15 is 0 Å². The van der Waals surface area contributed by atoms with Gasteiger partial charge >= 0.3 is 5.97 Å². The maximum atomic E-state index is 11.9. The van der Waals surface area contributed by atoms with Crippen LogP contribution >= 0.6 is 0 Å². The zero-order chi connectivity index (χ0) is 14.3. The molecule has 2 amide bonds. The number of nitrogens with one attached hydrogen (secondary N) is 1. The van der Waals surface area contributed by atoms with Gasteiger partial charge in [0.15, 0.2) is 0 Å².